The molecule has 8 heteroatoms. The maximum absolute atomic E-state index is 13.0. The highest BCUT2D eigenvalue weighted by atomic mass is 32.1. The number of unbranched alkanes of at least 4 members (excludes halogenated alkanes) is 1. The van der Waals surface area contributed by atoms with Gasteiger partial charge in [0.05, 0.1) is 0 Å². The second-order valence-electron chi connectivity index (χ2n) is 8.81. The summed E-state index contributed by atoms with van der Waals surface area (Å²) in [5.41, 5.74) is 0.356. The highest BCUT2D eigenvalue weighted by molar-refractivity contribution is 7.19. The van der Waals surface area contributed by atoms with E-state index in [0.29, 0.717) is 18.4 Å². The molecule has 1 atom stereocenters. The SMILES string of the molecule is CCCCc1ccc2cc(/C=C(\C)C(=O)c3c(O)cc(C(C)CC/C=C/NC(=O)O)oc3=O)sc2c1. The number of aromatic hydroxyl groups is 1. The van der Waals surface area contributed by atoms with E-state index in [0.717, 1.165) is 34.2 Å². The van der Waals surface area contributed by atoms with E-state index in [1.807, 2.05) is 13.0 Å². The van der Waals surface area contributed by atoms with Crippen molar-refractivity contribution < 1.29 is 24.2 Å². The molecule has 2 aromatic heterocycles. The first-order valence-electron chi connectivity index (χ1n) is 12.0. The highest BCUT2D eigenvalue weighted by Crippen LogP contribution is 2.30. The van der Waals surface area contributed by atoms with Crippen molar-refractivity contribution in [1.29, 1.82) is 0 Å². The minimum atomic E-state index is -1.15. The molecule has 3 N–H and O–H groups in total. The van der Waals surface area contributed by atoms with Crippen LogP contribution in [-0.4, -0.2) is 22.1 Å². The van der Waals surface area contributed by atoms with Crippen LogP contribution in [0.1, 0.15) is 78.9 Å². The minimum Gasteiger partial charge on any atom is -0.507 e. The molecule has 0 saturated carbocycles. The third kappa shape index (κ3) is 6.95. The van der Waals surface area contributed by atoms with E-state index < -0.39 is 23.3 Å². The van der Waals surface area contributed by atoms with Gasteiger partial charge in [-0.2, -0.15) is 0 Å². The van der Waals surface area contributed by atoms with Gasteiger partial charge in [0.2, 0.25) is 0 Å². The Hall–Kier alpha value is -3.65. The van der Waals surface area contributed by atoms with Crippen molar-refractivity contribution in [3.8, 4) is 5.75 Å². The lowest BCUT2D eigenvalue weighted by Crippen LogP contribution is -2.16. The summed E-state index contributed by atoms with van der Waals surface area (Å²) in [6, 6.07) is 9.72. The van der Waals surface area contributed by atoms with E-state index >= 15 is 0 Å². The molecule has 0 fully saturated rings. The molecule has 0 saturated heterocycles. The minimum absolute atomic E-state index is 0.223. The fourth-order valence-corrected chi connectivity index (χ4v) is 4.96. The number of hydrogen-bond acceptors (Lipinski definition) is 6. The largest absolute Gasteiger partial charge is 0.507 e. The average Bonchev–Trinajstić information content (AvgIpc) is 3.22. The molecule has 2 heterocycles. The molecule has 0 aliphatic carbocycles. The van der Waals surface area contributed by atoms with E-state index in [1.54, 1.807) is 30.4 Å². The van der Waals surface area contributed by atoms with Crippen molar-refractivity contribution in [2.45, 2.75) is 58.8 Å². The Morgan fingerprint density at radius 1 is 1.22 bits per heavy atom. The lowest BCUT2D eigenvalue weighted by Gasteiger charge is -2.11. The molecule has 1 unspecified atom stereocenters. The van der Waals surface area contributed by atoms with Crippen LogP contribution in [0.2, 0.25) is 0 Å². The molecule has 0 aliphatic rings. The topological polar surface area (TPSA) is 117 Å². The van der Waals surface area contributed by atoms with Gasteiger partial charge in [-0.05, 0) is 67.3 Å². The molecular weight excluding hydrogens is 478 g/mol. The summed E-state index contributed by atoms with van der Waals surface area (Å²) < 4.78 is 6.51. The van der Waals surface area contributed by atoms with Gasteiger partial charge in [0.1, 0.15) is 17.1 Å². The van der Waals surface area contributed by atoms with Gasteiger partial charge in [0.15, 0.2) is 5.78 Å². The Kier molecular flexibility index (Phi) is 9.25. The first-order chi connectivity index (χ1) is 17.2. The van der Waals surface area contributed by atoms with E-state index in [1.165, 1.54) is 17.8 Å². The number of benzene rings is 1. The van der Waals surface area contributed by atoms with Crippen LogP contribution in [-0.2, 0) is 6.42 Å². The maximum Gasteiger partial charge on any atom is 0.408 e. The number of aryl methyl sites for hydroxylation is 1. The zero-order valence-corrected chi connectivity index (χ0v) is 21.5. The number of carbonyl (C=O) groups is 2. The molecular formula is C28H31NO6S. The number of hydrogen-bond donors (Lipinski definition) is 3. The summed E-state index contributed by atoms with van der Waals surface area (Å²) in [4.78, 5) is 37.0. The van der Waals surface area contributed by atoms with Gasteiger partial charge in [0.25, 0.3) is 0 Å². The van der Waals surface area contributed by atoms with Crippen LogP contribution in [0.3, 0.4) is 0 Å². The molecule has 1 aromatic carbocycles. The summed E-state index contributed by atoms with van der Waals surface area (Å²) in [5.74, 6) is -0.951. The first-order valence-corrected chi connectivity index (χ1v) is 12.8. The smallest absolute Gasteiger partial charge is 0.408 e. The number of thiophene rings is 1. The number of Topliss-reactive ketones (excluding diaryl/α,β-unsaturated/α-hetero) is 1. The van der Waals surface area contributed by atoms with Crippen LogP contribution < -0.4 is 10.9 Å². The molecule has 36 heavy (non-hydrogen) atoms. The number of allylic oxidation sites excluding steroid dienone is 2. The number of carboxylic acid groups (broad SMARTS) is 1. The van der Waals surface area contributed by atoms with Gasteiger partial charge < -0.3 is 14.6 Å². The van der Waals surface area contributed by atoms with E-state index in [2.05, 4.69) is 30.4 Å². The van der Waals surface area contributed by atoms with E-state index in [-0.39, 0.29) is 17.2 Å². The van der Waals surface area contributed by atoms with Gasteiger partial charge in [-0.3, -0.25) is 10.1 Å². The summed E-state index contributed by atoms with van der Waals surface area (Å²) >= 11 is 1.58. The normalized spacial score (nSPS) is 12.8. The van der Waals surface area contributed by atoms with E-state index in [4.69, 9.17) is 9.52 Å². The van der Waals surface area contributed by atoms with Crippen molar-refractivity contribution in [3.63, 3.8) is 0 Å². The number of nitrogens with one attached hydrogen (secondary N) is 1. The standard InChI is InChI=1S/C28H31NO6S/c1-4-5-9-19-10-11-20-15-21(36-24(20)14-19)13-18(3)26(31)25-22(30)16-23(35-27(25)32)17(2)8-6-7-12-29-28(33)34/h7,10-17,29-30H,4-6,8-9H2,1-3H3,(H,33,34)/b12-7+,18-13+. The molecule has 190 valence electrons. The maximum atomic E-state index is 13.0. The zero-order chi connectivity index (χ0) is 26.2. The van der Waals surface area contributed by atoms with Crippen LogP contribution in [0.15, 0.2) is 57.4 Å². The number of rotatable bonds is 11. The van der Waals surface area contributed by atoms with Crippen LogP contribution in [0, 0.1) is 0 Å². The Morgan fingerprint density at radius 2 is 2.00 bits per heavy atom. The summed E-state index contributed by atoms with van der Waals surface area (Å²) in [7, 11) is 0. The Balaban J connectivity index is 1.75. The fourth-order valence-electron chi connectivity index (χ4n) is 3.83. The number of carbonyl (C=O) groups excluding carboxylic acids is 1. The quantitative estimate of drug-likeness (QED) is 0.192. The predicted octanol–water partition coefficient (Wildman–Crippen LogP) is 6.85. The lowest BCUT2D eigenvalue weighted by atomic mass is 10.00. The van der Waals surface area contributed by atoms with Crippen molar-refractivity contribution in [3.05, 3.63) is 80.4 Å². The molecule has 1 amide bonds. The van der Waals surface area contributed by atoms with Crippen molar-refractivity contribution in [2.24, 2.45) is 0 Å². The van der Waals surface area contributed by atoms with Gasteiger partial charge in [0, 0.05) is 27.8 Å². The van der Waals surface area contributed by atoms with Crippen LogP contribution in [0.5, 0.6) is 5.75 Å². The summed E-state index contributed by atoms with van der Waals surface area (Å²) in [5, 5.41) is 22.3. The fraction of sp³-hybridized carbons (Fsp3) is 0.321. The molecule has 0 radical (unpaired) electrons. The van der Waals surface area contributed by atoms with Gasteiger partial charge in [-0.15, -0.1) is 11.3 Å². The van der Waals surface area contributed by atoms with Gasteiger partial charge in [-0.1, -0.05) is 38.5 Å². The van der Waals surface area contributed by atoms with Gasteiger partial charge >= 0.3 is 11.7 Å². The zero-order valence-electron chi connectivity index (χ0n) is 20.7. The Bertz CT molecular complexity index is 1360. The Labute approximate surface area is 213 Å². The van der Waals surface area contributed by atoms with E-state index in [9.17, 15) is 19.5 Å². The van der Waals surface area contributed by atoms with Crippen LogP contribution in [0.25, 0.3) is 16.2 Å². The summed E-state index contributed by atoms with van der Waals surface area (Å²) in [6.07, 6.45) is 7.95. The summed E-state index contributed by atoms with van der Waals surface area (Å²) in [6.45, 7) is 5.60. The van der Waals surface area contributed by atoms with Crippen molar-refractivity contribution >= 4 is 39.4 Å². The second-order valence-corrected chi connectivity index (χ2v) is 9.92. The monoisotopic (exact) mass is 509 g/mol. The Morgan fingerprint density at radius 3 is 2.69 bits per heavy atom. The number of fused-ring (bicyclic) bond motifs is 1. The molecule has 3 aromatic rings. The third-order valence-corrected chi connectivity index (χ3v) is 6.94. The predicted molar refractivity (Wildman–Crippen MR) is 143 cm³/mol. The first kappa shape index (κ1) is 26.9. The lowest BCUT2D eigenvalue weighted by molar-refractivity contribution is 0.102. The van der Waals surface area contributed by atoms with Crippen LogP contribution in [0.4, 0.5) is 4.79 Å². The molecule has 0 spiro atoms. The molecule has 0 aliphatic heterocycles. The molecule has 0 bridgehead atoms. The highest BCUT2D eigenvalue weighted by Gasteiger charge is 2.22. The number of amides is 1. The molecule has 7 nitrogen and oxygen atoms in total. The van der Waals surface area contributed by atoms with Crippen molar-refractivity contribution in [2.75, 3.05) is 0 Å². The average molecular weight is 510 g/mol. The van der Waals surface area contributed by atoms with Crippen molar-refractivity contribution in [1.82, 2.24) is 5.32 Å². The van der Waals surface area contributed by atoms with Crippen LogP contribution >= 0.6 is 11.3 Å². The molecule has 3 rings (SSSR count). The third-order valence-electron chi connectivity index (χ3n) is 5.89. The van der Waals surface area contributed by atoms with Gasteiger partial charge in [-0.25, -0.2) is 9.59 Å². The number of ketones is 1. The second kappa shape index (κ2) is 12.4.